The Hall–Kier alpha value is -6.00. The standard InChI is InChI=1S/C30H33N7O10/c31-29(45)36-32-14-19(12-23(38)39)33-27(43)22-11-18-8-4-7-17-9-10-20(28(44)37(22)25(17)18)34-26(42)21(13-24(40)41)35-30(46)47-15-16-5-2-1-3-6-16/h1-8,14,19-22H,9-13,15H2,(H,33,43)(H,34,42)(H,35,46)(H,38,39)(H,40,41)(H3,31,36,45)/t19-,20-,21-,22-/m0/s1. The van der Waals surface area contributed by atoms with Crippen LogP contribution in [0.3, 0.4) is 0 Å². The highest BCUT2D eigenvalue weighted by Crippen LogP contribution is 2.39. The quantitative estimate of drug-likeness (QED) is 0.110. The number of aliphatic carboxylic acids is 2. The van der Waals surface area contributed by atoms with E-state index in [-0.39, 0.29) is 19.4 Å². The molecule has 4 rings (SSSR count). The fourth-order valence-corrected chi connectivity index (χ4v) is 5.34. The first kappa shape index (κ1) is 33.9. The molecule has 2 heterocycles. The lowest BCUT2D eigenvalue weighted by molar-refractivity contribution is -0.140. The van der Waals surface area contributed by atoms with Gasteiger partial charge in [0.1, 0.15) is 24.7 Å². The smallest absolute Gasteiger partial charge is 0.408 e. The maximum absolute atomic E-state index is 14.0. The molecule has 0 aliphatic carbocycles. The molecule has 0 saturated heterocycles. The van der Waals surface area contributed by atoms with Crippen molar-refractivity contribution in [3.63, 3.8) is 0 Å². The zero-order valence-corrected chi connectivity index (χ0v) is 24.9. The second-order valence-corrected chi connectivity index (χ2v) is 10.8. The Morgan fingerprint density at radius 1 is 0.979 bits per heavy atom. The van der Waals surface area contributed by atoms with E-state index in [0.29, 0.717) is 23.2 Å². The number of hydrogen-bond acceptors (Lipinski definition) is 9. The first-order valence-electron chi connectivity index (χ1n) is 14.5. The molecule has 47 heavy (non-hydrogen) atoms. The van der Waals surface area contributed by atoms with Crippen LogP contribution in [-0.2, 0) is 48.2 Å². The molecule has 8 N–H and O–H groups in total. The number of carboxylic acids is 2. The fraction of sp³-hybridized carbons (Fsp3) is 0.333. The molecule has 2 aromatic rings. The number of amides is 6. The Morgan fingerprint density at radius 3 is 2.36 bits per heavy atom. The number of ether oxygens (including phenoxy) is 1. The average Bonchev–Trinajstić information content (AvgIpc) is 3.35. The van der Waals surface area contributed by atoms with E-state index in [1.165, 1.54) is 4.90 Å². The van der Waals surface area contributed by atoms with Gasteiger partial charge in [-0.1, -0.05) is 48.5 Å². The topological polar surface area (TPSA) is 259 Å². The molecule has 0 unspecified atom stereocenters. The van der Waals surface area contributed by atoms with Crippen molar-refractivity contribution in [1.29, 1.82) is 0 Å². The number of nitrogens with two attached hydrogens (primary N) is 1. The highest BCUT2D eigenvalue weighted by atomic mass is 16.5. The molecular formula is C30H33N7O10. The van der Waals surface area contributed by atoms with Crippen molar-refractivity contribution in [3.8, 4) is 0 Å². The largest absolute Gasteiger partial charge is 0.481 e. The third-order valence-corrected chi connectivity index (χ3v) is 7.38. The third-order valence-electron chi connectivity index (χ3n) is 7.38. The van der Waals surface area contributed by atoms with Crippen LogP contribution in [0, 0.1) is 0 Å². The number of aryl methyl sites for hydroxylation is 1. The molecule has 0 saturated carbocycles. The van der Waals surface area contributed by atoms with E-state index >= 15 is 0 Å². The second-order valence-electron chi connectivity index (χ2n) is 10.8. The molecule has 2 aliphatic rings. The van der Waals surface area contributed by atoms with Gasteiger partial charge in [-0.15, -0.1) is 0 Å². The van der Waals surface area contributed by atoms with Gasteiger partial charge in [0.2, 0.25) is 17.7 Å². The minimum atomic E-state index is -1.59. The normalized spacial score (nSPS) is 17.9. The van der Waals surface area contributed by atoms with Crippen molar-refractivity contribution in [3.05, 3.63) is 65.2 Å². The van der Waals surface area contributed by atoms with Gasteiger partial charge in [0.15, 0.2) is 0 Å². The summed E-state index contributed by atoms with van der Waals surface area (Å²) in [6, 6.07) is 7.81. The minimum Gasteiger partial charge on any atom is -0.481 e. The van der Waals surface area contributed by atoms with Gasteiger partial charge < -0.3 is 36.6 Å². The van der Waals surface area contributed by atoms with Crippen LogP contribution >= 0.6 is 0 Å². The van der Waals surface area contributed by atoms with E-state index in [2.05, 4.69) is 21.1 Å². The van der Waals surface area contributed by atoms with Gasteiger partial charge >= 0.3 is 24.1 Å². The summed E-state index contributed by atoms with van der Waals surface area (Å²) in [6.45, 7) is -0.130. The summed E-state index contributed by atoms with van der Waals surface area (Å²) in [4.78, 5) is 88.4. The third kappa shape index (κ3) is 9.03. The van der Waals surface area contributed by atoms with Crippen LogP contribution in [0.25, 0.3) is 0 Å². The molecule has 4 atom stereocenters. The molecule has 0 spiro atoms. The summed E-state index contributed by atoms with van der Waals surface area (Å²) in [5.41, 5.74) is 9.43. The number of nitrogens with one attached hydrogen (secondary N) is 4. The summed E-state index contributed by atoms with van der Waals surface area (Å²) in [5, 5.41) is 29.5. The van der Waals surface area contributed by atoms with Crippen molar-refractivity contribution in [1.82, 2.24) is 21.4 Å². The zero-order valence-electron chi connectivity index (χ0n) is 24.9. The lowest BCUT2D eigenvalue weighted by Crippen LogP contribution is -2.58. The fourth-order valence-electron chi connectivity index (χ4n) is 5.34. The van der Waals surface area contributed by atoms with E-state index < -0.39 is 78.8 Å². The van der Waals surface area contributed by atoms with Crippen LogP contribution in [0.5, 0.6) is 0 Å². The van der Waals surface area contributed by atoms with E-state index in [0.717, 1.165) is 11.8 Å². The molecule has 0 radical (unpaired) electrons. The molecule has 2 aliphatic heterocycles. The predicted octanol–water partition coefficient (Wildman–Crippen LogP) is -0.241. The summed E-state index contributed by atoms with van der Waals surface area (Å²) in [6.07, 6.45) is -0.971. The van der Waals surface area contributed by atoms with E-state index in [1.807, 2.05) is 5.43 Å². The number of hydrogen-bond donors (Lipinski definition) is 7. The summed E-state index contributed by atoms with van der Waals surface area (Å²) < 4.78 is 5.12. The zero-order chi connectivity index (χ0) is 34.1. The van der Waals surface area contributed by atoms with Gasteiger partial charge in [-0.3, -0.25) is 28.9 Å². The molecule has 0 fully saturated rings. The van der Waals surface area contributed by atoms with E-state index in [1.54, 1.807) is 48.5 Å². The number of nitrogens with zero attached hydrogens (tertiary/aromatic N) is 2. The lowest BCUT2D eigenvalue weighted by Gasteiger charge is -2.29. The Balaban J connectivity index is 1.50. The number of alkyl carbamates (subject to hydrolysis) is 1. The molecule has 17 heteroatoms. The Morgan fingerprint density at radius 2 is 1.68 bits per heavy atom. The highest BCUT2D eigenvalue weighted by Gasteiger charge is 2.44. The minimum absolute atomic E-state index is 0.0777. The SMILES string of the molecule is NC(=O)NN=C[C@H](CC(=O)O)NC(=O)[C@@H]1Cc2cccc3c2N1C(=O)[C@@H](NC(=O)[C@H](CC(=O)O)NC(=O)OCc1ccccc1)CC3. The van der Waals surface area contributed by atoms with Crippen LogP contribution < -0.4 is 32.0 Å². The van der Waals surface area contributed by atoms with Crippen LogP contribution in [0.2, 0.25) is 0 Å². The number of primary amides is 1. The molecule has 2 aromatic carbocycles. The molecule has 0 bridgehead atoms. The second kappa shape index (κ2) is 15.3. The van der Waals surface area contributed by atoms with Crippen LogP contribution in [0.4, 0.5) is 15.3 Å². The van der Waals surface area contributed by atoms with Crippen molar-refractivity contribution < 1.29 is 48.5 Å². The maximum atomic E-state index is 14.0. The van der Waals surface area contributed by atoms with Crippen LogP contribution in [-0.4, -0.2) is 82.4 Å². The first-order chi connectivity index (χ1) is 22.4. The van der Waals surface area contributed by atoms with Gasteiger partial charge in [-0.2, -0.15) is 5.10 Å². The summed E-state index contributed by atoms with van der Waals surface area (Å²) in [5.74, 6) is -5.01. The number of hydrazone groups is 1. The predicted molar refractivity (Wildman–Crippen MR) is 163 cm³/mol. The Bertz CT molecular complexity index is 1580. The average molecular weight is 652 g/mol. The van der Waals surface area contributed by atoms with Crippen LogP contribution in [0.1, 0.15) is 36.0 Å². The number of carbonyl (C=O) groups excluding carboxylic acids is 5. The number of rotatable bonds is 13. The van der Waals surface area contributed by atoms with Gasteiger partial charge in [-0.25, -0.2) is 15.0 Å². The number of anilines is 1. The highest BCUT2D eigenvalue weighted by molar-refractivity contribution is 6.08. The van der Waals surface area contributed by atoms with Gasteiger partial charge in [0.05, 0.1) is 24.6 Å². The van der Waals surface area contributed by atoms with Crippen molar-refractivity contribution in [2.75, 3.05) is 4.90 Å². The van der Waals surface area contributed by atoms with E-state index in [9.17, 15) is 43.8 Å². The molecule has 17 nitrogen and oxygen atoms in total. The first-order valence-corrected chi connectivity index (χ1v) is 14.5. The van der Waals surface area contributed by atoms with Crippen molar-refractivity contribution >= 4 is 53.7 Å². The van der Waals surface area contributed by atoms with Gasteiger partial charge in [0.25, 0.3) is 0 Å². The molecule has 248 valence electrons. The maximum Gasteiger partial charge on any atom is 0.408 e. The Kier molecular flexibility index (Phi) is 11.1. The summed E-state index contributed by atoms with van der Waals surface area (Å²) >= 11 is 0. The number of carbonyl (C=O) groups is 7. The van der Waals surface area contributed by atoms with Gasteiger partial charge in [-0.05, 0) is 29.5 Å². The van der Waals surface area contributed by atoms with Gasteiger partial charge in [0, 0.05) is 12.6 Å². The Labute approximate surface area is 267 Å². The molecule has 6 amide bonds. The number of para-hydroxylation sites is 1. The number of benzene rings is 2. The lowest BCUT2D eigenvalue weighted by atomic mass is 10.0. The van der Waals surface area contributed by atoms with Crippen molar-refractivity contribution in [2.24, 2.45) is 10.8 Å². The van der Waals surface area contributed by atoms with E-state index in [4.69, 9.17) is 10.5 Å². The van der Waals surface area contributed by atoms with Crippen LogP contribution in [0.15, 0.2) is 53.6 Å². The molecule has 0 aromatic heterocycles. The monoisotopic (exact) mass is 651 g/mol. The number of carboxylic acid groups (broad SMARTS) is 2. The van der Waals surface area contributed by atoms with Crippen molar-refractivity contribution in [2.45, 2.75) is 62.9 Å². The number of urea groups is 1. The molecular weight excluding hydrogens is 618 g/mol. The summed E-state index contributed by atoms with van der Waals surface area (Å²) in [7, 11) is 0.